The Balaban J connectivity index is 1.56. The highest BCUT2D eigenvalue weighted by molar-refractivity contribution is 5.92. The van der Waals surface area contributed by atoms with E-state index < -0.39 is 0 Å². The number of nitrogens with one attached hydrogen (secondary N) is 1. The van der Waals surface area contributed by atoms with Crippen molar-refractivity contribution < 1.29 is 18.7 Å². The van der Waals surface area contributed by atoms with Gasteiger partial charge in [-0.1, -0.05) is 6.07 Å². The van der Waals surface area contributed by atoms with E-state index in [-0.39, 0.29) is 23.6 Å². The third kappa shape index (κ3) is 5.05. The highest BCUT2D eigenvalue weighted by atomic mass is 19.1. The number of benzene rings is 1. The molecular weight excluding hydrogens is 371 g/mol. The van der Waals surface area contributed by atoms with Crippen LogP contribution in [0.25, 0.3) is 0 Å². The minimum atomic E-state index is -0.355. The molecule has 1 heterocycles. The maximum absolute atomic E-state index is 13.3. The van der Waals surface area contributed by atoms with Gasteiger partial charge in [0.1, 0.15) is 5.82 Å². The molecule has 1 aliphatic carbocycles. The second-order valence-electron chi connectivity index (χ2n) is 7.83. The van der Waals surface area contributed by atoms with Gasteiger partial charge in [0.15, 0.2) is 0 Å². The van der Waals surface area contributed by atoms with Gasteiger partial charge in [-0.15, -0.1) is 0 Å². The second-order valence-corrected chi connectivity index (χ2v) is 7.83. The molecule has 29 heavy (non-hydrogen) atoms. The van der Waals surface area contributed by atoms with Crippen molar-refractivity contribution in [3.63, 3.8) is 0 Å². The number of hydrogen-bond acceptors (Lipinski definition) is 3. The Hall–Kier alpha value is -2.63. The monoisotopic (exact) mass is 400 g/mol. The molecule has 0 unspecified atom stereocenters. The van der Waals surface area contributed by atoms with E-state index in [0.717, 1.165) is 43.6 Å². The first-order valence-electron chi connectivity index (χ1n) is 10.3. The summed E-state index contributed by atoms with van der Waals surface area (Å²) in [5.41, 5.74) is 3.12. The minimum absolute atomic E-state index is 0.0352. The number of hydrogen-bond donors (Lipinski definition) is 1. The summed E-state index contributed by atoms with van der Waals surface area (Å²) in [7, 11) is 0. The Labute approximate surface area is 171 Å². The topological polar surface area (TPSA) is 60.3 Å². The van der Waals surface area contributed by atoms with Crippen LogP contribution in [0.15, 0.2) is 30.3 Å². The fourth-order valence-corrected chi connectivity index (χ4v) is 4.17. The van der Waals surface area contributed by atoms with Crippen LogP contribution in [0.5, 0.6) is 0 Å². The average Bonchev–Trinajstić information content (AvgIpc) is 2.97. The lowest BCUT2D eigenvalue weighted by Crippen LogP contribution is -2.28. The lowest BCUT2D eigenvalue weighted by molar-refractivity contribution is -0.121. The highest BCUT2D eigenvalue weighted by Crippen LogP contribution is 2.32. The van der Waals surface area contributed by atoms with Gasteiger partial charge in [0.25, 0.3) is 0 Å². The number of rotatable bonds is 6. The molecule has 0 radical (unpaired) electrons. The minimum Gasteiger partial charge on any atom is -0.462 e. The van der Waals surface area contributed by atoms with Crippen LogP contribution in [0.1, 0.15) is 54.4 Å². The smallest absolute Gasteiger partial charge is 0.339 e. The molecule has 1 amide bonds. The van der Waals surface area contributed by atoms with E-state index in [9.17, 15) is 14.0 Å². The van der Waals surface area contributed by atoms with Gasteiger partial charge in [-0.2, -0.15) is 0 Å². The van der Waals surface area contributed by atoms with Gasteiger partial charge in [-0.25, -0.2) is 9.18 Å². The summed E-state index contributed by atoms with van der Waals surface area (Å²) in [6, 6.07) is 7.88. The zero-order valence-electron chi connectivity index (χ0n) is 17.3. The quantitative estimate of drug-likeness (QED) is 0.704. The van der Waals surface area contributed by atoms with Gasteiger partial charge >= 0.3 is 5.97 Å². The molecule has 0 aliphatic heterocycles. The van der Waals surface area contributed by atoms with E-state index in [1.807, 2.05) is 19.9 Å². The van der Waals surface area contributed by atoms with E-state index in [2.05, 4.69) is 9.88 Å². The van der Waals surface area contributed by atoms with Gasteiger partial charge in [-0.3, -0.25) is 4.79 Å². The number of amides is 1. The highest BCUT2D eigenvalue weighted by Gasteiger charge is 2.27. The molecule has 1 fully saturated rings. The van der Waals surface area contributed by atoms with E-state index in [4.69, 9.17) is 4.74 Å². The van der Waals surface area contributed by atoms with Gasteiger partial charge in [0.2, 0.25) is 5.91 Å². The number of nitrogens with zero attached hydrogens (tertiary/aromatic N) is 1. The number of halogens is 1. The normalized spacial score (nSPS) is 19.0. The van der Waals surface area contributed by atoms with Crippen LogP contribution < -0.4 is 5.32 Å². The molecule has 0 bridgehead atoms. The number of ether oxygens (including phenoxy) is 1. The molecule has 1 saturated carbocycles. The van der Waals surface area contributed by atoms with Crippen LogP contribution in [-0.2, 0) is 16.1 Å². The Morgan fingerprint density at radius 2 is 1.90 bits per heavy atom. The zero-order valence-corrected chi connectivity index (χ0v) is 17.3. The van der Waals surface area contributed by atoms with Crippen LogP contribution in [0.4, 0.5) is 10.1 Å². The fourth-order valence-electron chi connectivity index (χ4n) is 4.17. The van der Waals surface area contributed by atoms with Crippen molar-refractivity contribution in [1.82, 2.24) is 4.57 Å². The van der Waals surface area contributed by atoms with E-state index in [0.29, 0.717) is 23.8 Å². The maximum Gasteiger partial charge on any atom is 0.339 e. The number of anilines is 1. The maximum atomic E-state index is 13.3. The van der Waals surface area contributed by atoms with Gasteiger partial charge in [-0.05, 0) is 76.6 Å². The van der Waals surface area contributed by atoms with Gasteiger partial charge in [0, 0.05) is 29.5 Å². The SMILES string of the molecule is CCOC(=O)c1cc(C)n(CC2CCC(C(=O)Nc3cccc(F)c3)CC2)c1C. The molecule has 156 valence electrons. The van der Waals surface area contributed by atoms with E-state index >= 15 is 0 Å². The first kappa shape index (κ1) is 21.1. The van der Waals surface area contributed by atoms with Gasteiger partial charge in [0.05, 0.1) is 12.2 Å². The molecule has 6 heteroatoms. The van der Waals surface area contributed by atoms with Crippen LogP contribution in [0.3, 0.4) is 0 Å². The third-order valence-corrected chi connectivity index (χ3v) is 5.82. The van der Waals surface area contributed by atoms with Crippen molar-refractivity contribution >= 4 is 17.6 Å². The Morgan fingerprint density at radius 1 is 1.17 bits per heavy atom. The van der Waals surface area contributed by atoms with Crippen LogP contribution in [0.2, 0.25) is 0 Å². The van der Waals surface area contributed by atoms with Crippen molar-refractivity contribution in [1.29, 1.82) is 0 Å². The van der Waals surface area contributed by atoms with Crippen LogP contribution in [0, 0.1) is 31.5 Å². The first-order valence-corrected chi connectivity index (χ1v) is 10.3. The van der Waals surface area contributed by atoms with E-state index in [1.54, 1.807) is 19.1 Å². The molecular formula is C23H29FN2O3. The molecule has 2 aromatic rings. The summed E-state index contributed by atoms with van der Waals surface area (Å²) < 4.78 is 20.6. The molecule has 3 rings (SSSR count). The second kappa shape index (κ2) is 9.25. The first-order chi connectivity index (χ1) is 13.9. The summed E-state index contributed by atoms with van der Waals surface area (Å²) in [6.07, 6.45) is 3.53. The number of carbonyl (C=O) groups is 2. The van der Waals surface area contributed by atoms with Crippen molar-refractivity contribution in [3.05, 3.63) is 53.1 Å². The number of aromatic nitrogens is 1. The van der Waals surface area contributed by atoms with Crippen LogP contribution in [-0.4, -0.2) is 23.1 Å². The molecule has 0 saturated heterocycles. The zero-order chi connectivity index (χ0) is 21.0. The van der Waals surface area contributed by atoms with Crippen molar-refractivity contribution in [2.45, 2.75) is 53.0 Å². The average molecular weight is 400 g/mol. The molecule has 1 aliphatic rings. The molecule has 1 aromatic carbocycles. The van der Waals surface area contributed by atoms with Crippen molar-refractivity contribution in [3.8, 4) is 0 Å². The molecule has 0 spiro atoms. The molecule has 1 N–H and O–H groups in total. The lowest BCUT2D eigenvalue weighted by Gasteiger charge is -2.29. The summed E-state index contributed by atoms with van der Waals surface area (Å²) in [5, 5.41) is 2.83. The van der Waals surface area contributed by atoms with Gasteiger partial charge < -0.3 is 14.6 Å². The number of carbonyl (C=O) groups excluding carboxylic acids is 2. The Bertz CT molecular complexity index is 882. The number of aryl methyl sites for hydroxylation is 1. The predicted octanol–water partition coefficient (Wildman–Crippen LogP) is 4.87. The summed E-state index contributed by atoms with van der Waals surface area (Å²) in [5.74, 6) is -0.243. The summed E-state index contributed by atoms with van der Waals surface area (Å²) >= 11 is 0. The predicted molar refractivity (Wildman–Crippen MR) is 110 cm³/mol. The molecule has 1 aromatic heterocycles. The Morgan fingerprint density at radius 3 is 2.55 bits per heavy atom. The summed E-state index contributed by atoms with van der Waals surface area (Å²) in [4.78, 5) is 24.6. The van der Waals surface area contributed by atoms with E-state index in [1.165, 1.54) is 12.1 Å². The number of esters is 1. The van der Waals surface area contributed by atoms with Crippen molar-refractivity contribution in [2.75, 3.05) is 11.9 Å². The standard InChI is InChI=1S/C23H29FN2O3/c1-4-29-23(28)21-12-15(2)26(16(21)3)14-17-8-10-18(11-9-17)22(27)25-20-7-5-6-19(24)13-20/h5-7,12-13,17-18H,4,8-11,14H2,1-3H3,(H,25,27). The third-order valence-electron chi connectivity index (χ3n) is 5.82. The lowest BCUT2D eigenvalue weighted by atomic mass is 9.81. The molecule has 5 nitrogen and oxygen atoms in total. The largest absolute Gasteiger partial charge is 0.462 e. The molecule has 0 atom stereocenters. The summed E-state index contributed by atoms with van der Waals surface area (Å²) in [6.45, 7) is 6.98. The van der Waals surface area contributed by atoms with Crippen LogP contribution >= 0.6 is 0 Å². The fraction of sp³-hybridized carbons (Fsp3) is 0.478. The Kier molecular flexibility index (Phi) is 6.72. The van der Waals surface area contributed by atoms with Crippen molar-refractivity contribution in [2.24, 2.45) is 11.8 Å².